The lowest BCUT2D eigenvalue weighted by molar-refractivity contribution is 0.174. The van der Waals surface area contributed by atoms with E-state index in [1.165, 1.54) is 0 Å². The summed E-state index contributed by atoms with van der Waals surface area (Å²) in [6, 6.07) is 9.83. The minimum Gasteiger partial charge on any atom is -0.388 e. The lowest BCUT2D eigenvalue weighted by Gasteiger charge is -2.08. The quantitative estimate of drug-likeness (QED) is 0.784. The van der Waals surface area contributed by atoms with E-state index in [9.17, 15) is 5.11 Å². The molecule has 2 aromatic rings. The number of aliphatic hydroxyl groups is 1. The van der Waals surface area contributed by atoms with Crippen molar-refractivity contribution < 1.29 is 5.11 Å². The van der Waals surface area contributed by atoms with E-state index >= 15 is 0 Å². The maximum atomic E-state index is 9.66. The van der Waals surface area contributed by atoms with Crippen LogP contribution in [0.4, 0.5) is 0 Å². The van der Waals surface area contributed by atoms with Crippen molar-refractivity contribution >= 4 is 10.9 Å². The summed E-state index contributed by atoms with van der Waals surface area (Å²) in [4.78, 5) is 4.25. The number of hydrogen-bond donors (Lipinski definition) is 1. The number of aliphatic hydroxyl groups excluding tert-OH is 1. The van der Waals surface area contributed by atoms with E-state index < -0.39 is 0 Å². The lowest BCUT2D eigenvalue weighted by Crippen LogP contribution is -1.94. The Labute approximate surface area is 83.2 Å². The van der Waals surface area contributed by atoms with Crippen LogP contribution >= 0.6 is 0 Å². The van der Waals surface area contributed by atoms with Gasteiger partial charge in [-0.2, -0.15) is 0 Å². The van der Waals surface area contributed by atoms with Crippen LogP contribution in [0, 0.1) is 0 Å². The van der Waals surface area contributed by atoms with Gasteiger partial charge in [0, 0.05) is 11.6 Å². The third-order valence-electron chi connectivity index (χ3n) is 2.40. The third-order valence-corrected chi connectivity index (χ3v) is 2.40. The number of fused-ring (bicyclic) bond motifs is 1. The molecule has 0 aliphatic heterocycles. The minimum atomic E-state index is -0.374. The Balaban J connectivity index is 2.51. The van der Waals surface area contributed by atoms with Crippen LogP contribution in [0.15, 0.2) is 36.5 Å². The number of nitrogens with zero attached hydrogens (tertiary/aromatic N) is 1. The first kappa shape index (κ1) is 9.16. The van der Waals surface area contributed by atoms with E-state index in [1.54, 1.807) is 6.20 Å². The molecule has 0 radical (unpaired) electrons. The highest BCUT2D eigenvalue weighted by molar-refractivity contribution is 5.78. The molecular formula is C12H13NO. The van der Waals surface area contributed by atoms with E-state index in [1.807, 2.05) is 37.3 Å². The van der Waals surface area contributed by atoms with Gasteiger partial charge in [0.2, 0.25) is 0 Å². The van der Waals surface area contributed by atoms with Gasteiger partial charge in [-0.25, -0.2) is 0 Å². The second-order valence-electron chi connectivity index (χ2n) is 3.38. The summed E-state index contributed by atoms with van der Waals surface area (Å²) < 4.78 is 0. The summed E-state index contributed by atoms with van der Waals surface area (Å²) in [5.74, 6) is 0. The second kappa shape index (κ2) is 3.76. The lowest BCUT2D eigenvalue weighted by atomic mass is 10.1. The van der Waals surface area contributed by atoms with Crippen LogP contribution in [0.5, 0.6) is 0 Å². The number of pyridine rings is 1. The van der Waals surface area contributed by atoms with E-state index in [2.05, 4.69) is 4.98 Å². The van der Waals surface area contributed by atoms with Crippen LogP contribution < -0.4 is 0 Å². The molecule has 1 unspecified atom stereocenters. The van der Waals surface area contributed by atoms with Crippen LogP contribution in [0.3, 0.4) is 0 Å². The Bertz CT molecular complexity index is 439. The van der Waals surface area contributed by atoms with Crippen molar-refractivity contribution in [2.45, 2.75) is 19.4 Å². The number of aromatic nitrogens is 1. The summed E-state index contributed by atoms with van der Waals surface area (Å²) >= 11 is 0. The van der Waals surface area contributed by atoms with E-state index in [0.717, 1.165) is 22.9 Å². The topological polar surface area (TPSA) is 33.1 Å². The summed E-state index contributed by atoms with van der Waals surface area (Å²) in [7, 11) is 0. The molecule has 1 aromatic carbocycles. The maximum Gasteiger partial charge on any atom is 0.0788 e. The van der Waals surface area contributed by atoms with Crippen LogP contribution in [-0.2, 0) is 0 Å². The number of rotatable bonds is 2. The van der Waals surface area contributed by atoms with Crippen molar-refractivity contribution in [3.05, 3.63) is 42.1 Å². The summed E-state index contributed by atoms with van der Waals surface area (Å²) in [6.07, 6.45) is 2.13. The van der Waals surface area contributed by atoms with Gasteiger partial charge in [-0.3, -0.25) is 4.98 Å². The zero-order valence-electron chi connectivity index (χ0n) is 8.14. The van der Waals surface area contributed by atoms with Crippen molar-refractivity contribution in [3.63, 3.8) is 0 Å². The molecule has 0 aliphatic rings. The standard InChI is InChI=1S/C12H13NO/c1-2-12(14)10-6-5-9-4-3-7-13-11(9)8-10/h3-8,12,14H,2H2,1H3. The Morgan fingerprint density at radius 3 is 3.00 bits per heavy atom. The fourth-order valence-corrected chi connectivity index (χ4v) is 1.53. The van der Waals surface area contributed by atoms with Crippen molar-refractivity contribution in [2.24, 2.45) is 0 Å². The summed E-state index contributed by atoms with van der Waals surface area (Å²) in [6.45, 7) is 1.97. The first-order valence-corrected chi connectivity index (χ1v) is 4.84. The Morgan fingerprint density at radius 2 is 2.21 bits per heavy atom. The van der Waals surface area contributed by atoms with Crippen molar-refractivity contribution in [1.82, 2.24) is 4.98 Å². The van der Waals surface area contributed by atoms with Gasteiger partial charge in [0.1, 0.15) is 0 Å². The molecule has 2 heteroatoms. The molecule has 1 aromatic heterocycles. The molecule has 2 nitrogen and oxygen atoms in total. The van der Waals surface area contributed by atoms with Gasteiger partial charge in [-0.15, -0.1) is 0 Å². The highest BCUT2D eigenvalue weighted by atomic mass is 16.3. The third kappa shape index (κ3) is 1.61. The summed E-state index contributed by atoms with van der Waals surface area (Å²) in [5, 5.41) is 10.8. The molecule has 0 aliphatic carbocycles. The molecule has 2 rings (SSSR count). The monoisotopic (exact) mass is 187 g/mol. The van der Waals surface area contributed by atoms with E-state index in [0.29, 0.717) is 0 Å². The molecule has 14 heavy (non-hydrogen) atoms. The van der Waals surface area contributed by atoms with Crippen LogP contribution in [0.1, 0.15) is 25.0 Å². The van der Waals surface area contributed by atoms with Crippen LogP contribution in [0.25, 0.3) is 10.9 Å². The smallest absolute Gasteiger partial charge is 0.0788 e. The molecule has 72 valence electrons. The molecular weight excluding hydrogens is 174 g/mol. The number of benzene rings is 1. The predicted octanol–water partition coefficient (Wildman–Crippen LogP) is 2.68. The molecule has 0 spiro atoms. The fraction of sp³-hybridized carbons (Fsp3) is 0.250. The maximum absolute atomic E-state index is 9.66. The molecule has 0 saturated carbocycles. The van der Waals surface area contributed by atoms with Crippen molar-refractivity contribution in [2.75, 3.05) is 0 Å². The number of hydrogen-bond acceptors (Lipinski definition) is 2. The van der Waals surface area contributed by atoms with Crippen LogP contribution in [0.2, 0.25) is 0 Å². The fourth-order valence-electron chi connectivity index (χ4n) is 1.53. The molecule has 0 fully saturated rings. The molecule has 0 amide bonds. The minimum absolute atomic E-state index is 0.374. The Kier molecular flexibility index (Phi) is 2.46. The van der Waals surface area contributed by atoms with Gasteiger partial charge in [0.05, 0.1) is 11.6 Å². The predicted molar refractivity (Wildman–Crippen MR) is 57.0 cm³/mol. The van der Waals surface area contributed by atoms with E-state index in [4.69, 9.17) is 0 Å². The van der Waals surface area contributed by atoms with Gasteiger partial charge < -0.3 is 5.11 Å². The van der Waals surface area contributed by atoms with Gasteiger partial charge in [-0.05, 0) is 24.1 Å². The van der Waals surface area contributed by atoms with Gasteiger partial charge >= 0.3 is 0 Å². The van der Waals surface area contributed by atoms with Crippen molar-refractivity contribution in [1.29, 1.82) is 0 Å². The Morgan fingerprint density at radius 1 is 1.36 bits per heavy atom. The Hall–Kier alpha value is -1.41. The second-order valence-corrected chi connectivity index (χ2v) is 3.38. The summed E-state index contributed by atoms with van der Waals surface area (Å²) in [5.41, 5.74) is 1.89. The van der Waals surface area contributed by atoms with Crippen molar-refractivity contribution in [3.8, 4) is 0 Å². The van der Waals surface area contributed by atoms with E-state index in [-0.39, 0.29) is 6.10 Å². The highest BCUT2D eigenvalue weighted by Crippen LogP contribution is 2.20. The zero-order chi connectivity index (χ0) is 9.97. The SMILES string of the molecule is CCC(O)c1ccc2cccnc2c1. The molecule has 0 saturated heterocycles. The first-order chi connectivity index (χ1) is 6.81. The largest absolute Gasteiger partial charge is 0.388 e. The van der Waals surface area contributed by atoms with Gasteiger partial charge in [0.25, 0.3) is 0 Å². The normalized spacial score (nSPS) is 13.0. The van der Waals surface area contributed by atoms with Crippen LogP contribution in [-0.4, -0.2) is 10.1 Å². The molecule has 0 bridgehead atoms. The average Bonchev–Trinajstić information content (AvgIpc) is 2.27. The molecule has 1 heterocycles. The first-order valence-electron chi connectivity index (χ1n) is 4.84. The highest BCUT2D eigenvalue weighted by Gasteiger charge is 2.04. The molecule has 1 N–H and O–H groups in total. The van der Waals surface area contributed by atoms with Gasteiger partial charge in [-0.1, -0.05) is 25.1 Å². The van der Waals surface area contributed by atoms with Gasteiger partial charge in [0.15, 0.2) is 0 Å². The average molecular weight is 187 g/mol. The zero-order valence-corrected chi connectivity index (χ0v) is 8.14. The molecule has 1 atom stereocenters.